The van der Waals surface area contributed by atoms with Crippen LogP contribution >= 0.6 is 11.6 Å². The zero-order chi connectivity index (χ0) is 31.6. The molecule has 8 heteroatoms. The van der Waals surface area contributed by atoms with Crippen molar-refractivity contribution in [2.75, 3.05) is 18.7 Å². The quantitative estimate of drug-likeness (QED) is 0.149. The van der Waals surface area contributed by atoms with E-state index in [1.807, 2.05) is 0 Å². The van der Waals surface area contributed by atoms with Gasteiger partial charge in [0.2, 0.25) is 5.96 Å². The van der Waals surface area contributed by atoms with Crippen LogP contribution in [0, 0.1) is 0 Å². The highest BCUT2D eigenvalue weighted by atomic mass is 32.2. The molecule has 0 radical (unpaired) electrons. The van der Waals surface area contributed by atoms with Gasteiger partial charge in [0.1, 0.15) is 16.5 Å². The van der Waals surface area contributed by atoms with Gasteiger partial charge in [0.25, 0.3) is 0 Å². The molecule has 0 saturated heterocycles. The molecular weight excluding hydrogens is 569 g/mol. The number of aliphatic imine (C=N–C) groups is 1. The molecule has 2 rings (SSSR count). The first kappa shape index (κ1) is 35.6. The van der Waals surface area contributed by atoms with Gasteiger partial charge in [-0.25, -0.2) is 4.99 Å². The summed E-state index contributed by atoms with van der Waals surface area (Å²) in [4.78, 5) is 7.89. The summed E-state index contributed by atoms with van der Waals surface area (Å²) in [6.45, 7) is 33.1. The number of nitrogens with zero attached hydrogens (tertiary/aromatic N) is 4. The average molecular weight is 627 g/mol. The molecule has 2 aromatic rings. The van der Waals surface area contributed by atoms with E-state index in [1.54, 1.807) is 0 Å². The average Bonchev–Trinajstić information content (AvgIpc) is 2.81. The summed E-state index contributed by atoms with van der Waals surface area (Å²) in [5.74, 6) is 2.42. The molecule has 0 bridgehead atoms. The van der Waals surface area contributed by atoms with E-state index in [9.17, 15) is 0 Å². The van der Waals surface area contributed by atoms with Gasteiger partial charge in [-0.05, 0) is 45.9 Å². The van der Waals surface area contributed by atoms with E-state index in [4.69, 9.17) is 16.6 Å². The van der Waals surface area contributed by atoms with Crippen molar-refractivity contribution in [1.29, 1.82) is 0 Å². The predicted octanol–water partition coefficient (Wildman–Crippen LogP) is 10.4. The fourth-order valence-corrected chi connectivity index (χ4v) is 25.6. The third-order valence-corrected chi connectivity index (χ3v) is 22.7. The van der Waals surface area contributed by atoms with Crippen LogP contribution in [0.2, 0.25) is 39.3 Å². The first-order chi connectivity index (χ1) is 18.7. The van der Waals surface area contributed by atoms with Crippen molar-refractivity contribution < 1.29 is 0 Å². The molecule has 0 aromatic heterocycles. The van der Waals surface area contributed by atoms with Crippen molar-refractivity contribution >= 4 is 53.3 Å². The van der Waals surface area contributed by atoms with E-state index < -0.39 is 24.3 Å². The summed E-state index contributed by atoms with van der Waals surface area (Å²) in [6, 6.07) is 13.6. The highest BCUT2D eigenvalue weighted by Crippen LogP contribution is 2.40. The number of hydrogen-bond donors (Lipinski definition) is 0. The Labute approximate surface area is 261 Å². The Hall–Kier alpha value is -1.62. The van der Waals surface area contributed by atoms with E-state index in [-0.39, 0.29) is 0 Å². The van der Waals surface area contributed by atoms with Gasteiger partial charge in [0.05, 0.1) is 5.69 Å². The number of rotatable bonds is 10. The summed E-state index contributed by atoms with van der Waals surface area (Å²) >= 11 is 6.85. The maximum Gasteiger partial charge on any atom is 0.324 e. The first-order valence-corrected chi connectivity index (χ1v) is 24.8. The van der Waals surface area contributed by atoms with Gasteiger partial charge in [0.15, 0.2) is 0 Å². The van der Waals surface area contributed by atoms with Crippen LogP contribution in [-0.4, -0.2) is 53.2 Å². The Balaban J connectivity index is 3.20. The van der Waals surface area contributed by atoms with Gasteiger partial charge in [0, 0.05) is 19.8 Å². The van der Waals surface area contributed by atoms with Gasteiger partial charge in [-0.2, -0.15) is 0 Å². The predicted molar refractivity (Wildman–Crippen MR) is 194 cm³/mol. The SMILES string of the molecule is CC(C)c1cccc(C(C)C)c1N=C(N(C)C)N(c1c(C(C)C)cccc1C(C)C)[Si](=S)N([Si](C)(C)C)[Si](C)(C)C. The van der Waals surface area contributed by atoms with Gasteiger partial charge in [-0.15, -0.1) is 0 Å². The monoisotopic (exact) mass is 626 g/mol. The molecule has 0 N–H and O–H groups in total. The lowest BCUT2D eigenvalue weighted by atomic mass is 9.92. The Bertz CT molecular complexity index is 1170. The van der Waals surface area contributed by atoms with E-state index in [2.05, 4.69) is 159 Å². The highest BCUT2D eigenvalue weighted by molar-refractivity contribution is 7.89. The summed E-state index contributed by atoms with van der Waals surface area (Å²) in [5, 5.41) is 0. The third-order valence-electron chi connectivity index (χ3n) is 7.44. The van der Waals surface area contributed by atoms with E-state index in [0.717, 1.165) is 11.6 Å². The molecule has 41 heavy (non-hydrogen) atoms. The minimum Gasteiger partial charge on any atom is -0.437 e. The lowest BCUT2D eigenvalue weighted by Gasteiger charge is -2.49. The summed E-state index contributed by atoms with van der Waals surface area (Å²) in [5.41, 5.74) is 7.68. The number of para-hydroxylation sites is 2. The third kappa shape index (κ3) is 8.27. The lowest BCUT2D eigenvalue weighted by molar-refractivity contribution is 0.612. The molecule has 228 valence electrons. The second kappa shape index (κ2) is 13.8. The second-order valence-electron chi connectivity index (χ2n) is 14.8. The number of benzene rings is 2. The zero-order valence-electron chi connectivity index (χ0n) is 29.0. The van der Waals surface area contributed by atoms with Gasteiger partial charge in [-0.1, -0.05) is 143 Å². The van der Waals surface area contributed by atoms with Crippen molar-refractivity contribution in [1.82, 2.24) is 8.80 Å². The largest absolute Gasteiger partial charge is 0.437 e. The van der Waals surface area contributed by atoms with Crippen LogP contribution < -0.4 is 4.57 Å². The molecule has 0 atom stereocenters. The topological polar surface area (TPSA) is 22.1 Å². The minimum absolute atomic E-state index is 0.362. The molecule has 0 heterocycles. The Kier molecular flexibility index (Phi) is 12.0. The Morgan fingerprint density at radius 1 is 0.659 bits per heavy atom. The van der Waals surface area contributed by atoms with E-state index in [0.29, 0.717) is 23.7 Å². The molecule has 0 amide bonds. The van der Waals surface area contributed by atoms with Crippen molar-refractivity contribution in [3.8, 4) is 0 Å². The minimum atomic E-state index is -1.78. The van der Waals surface area contributed by atoms with Crippen molar-refractivity contribution in [3.63, 3.8) is 0 Å². The smallest absolute Gasteiger partial charge is 0.324 e. The van der Waals surface area contributed by atoms with Crippen molar-refractivity contribution in [2.24, 2.45) is 4.99 Å². The van der Waals surface area contributed by atoms with Crippen LogP contribution in [0.1, 0.15) is 101 Å². The molecule has 0 unspecified atom stereocenters. The maximum atomic E-state index is 6.85. The van der Waals surface area contributed by atoms with Crippen LogP contribution in [0.4, 0.5) is 11.4 Å². The van der Waals surface area contributed by atoms with E-state index >= 15 is 0 Å². The lowest BCUT2D eigenvalue weighted by Crippen LogP contribution is -2.68. The Morgan fingerprint density at radius 3 is 1.29 bits per heavy atom. The Morgan fingerprint density at radius 2 is 1.00 bits per heavy atom. The molecule has 2 aromatic carbocycles. The summed E-state index contributed by atoms with van der Waals surface area (Å²) in [6.07, 6.45) is 0. The van der Waals surface area contributed by atoms with Crippen LogP contribution in [0.5, 0.6) is 0 Å². The fourth-order valence-electron chi connectivity index (χ4n) is 5.82. The van der Waals surface area contributed by atoms with Crippen LogP contribution in [0.3, 0.4) is 0 Å². The van der Waals surface area contributed by atoms with Gasteiger partial charge < -0.3 is 8.80 Å². The van der Waals surface area contributed by atoms with Crippen LogP contribution in [0.25, 0.3) is 0 Å². The normalized spacial score (nSPS) is 13.0. The van der Waals surface area contributed by atoms with Gasteiger partial charge >= 0.3 is 7.83 Å². The maximum absolute atomic E-state index is 6.85. The number of anilines is 1. The van der Waals surface area contributed by atoms with Crippen LogP contribution in [-0.2, 0) is 0 Å². The van der Waals surface area contributed by atoms with E-state index in [1.165, 1.54) is 27.9 Å². The van der Waals surface area contributed by atoms with Crippen molar-refractivity contribution in [3.05, 3.63) is 58.7 Å². The fraction of sp³-hybridized carbons (Fsp3) is 0.606. The standard InChI is InChI=1S/C33H58N4SSi3/c1-23(2)27-19-17-20-28(24(3)4)31(27)34-33(35(9)10)36(39(38)37(40(11,12)13)41(14,15)16)32-29(25(5)6)21-18-22-30(32)26(7)8/h17-26H,1-16H3. The summed E-state index contributed by atoms with van der Waals surface area (Å²) in [7, 11) is -0.944. The molecule has 0 aliphatic heterocycles. The number of guanidine groups is 1. The molecule has 0 spiro atoms. The molecular formula is C33H58N4SSi3. The molecule has 0 saturated carbocycles. The van der Waals surface area contributed by atoms with Crippen LogP contribution in [0.15, 0.2) is 41.4 Å². The first-order valence-electron chi connectivity index (χ1n) is 15.4. The molecule has 4 nitrogen and oxygen atoms in total. The molecule has 0 aliphatic rings. The number of hydrogen-bond acceptors (Lipinski definition) is 2. The zero-order valence-corrected chi connectivity index (χ0v) is 32.8. The summed E-state index contributed by atoms with van der Waals surface area (Å²) < 4.78 is 5.39. The second-order valence-corrected chi connectivity index (χ2v) is 28.3. The highest BCUT2D eigenvalue weighted by Gasteiger charge is 2.41. The van der Waals surface area contributed by atoms with Crippen molar-refractivity contribution in [2.45, 2.75) is 118 Å². The molecule has 0 fully saturated rings. The van der Waals surface area contributed by atoms with Gasteiger partial charge in [-0.3, -0.25) is 4.57 Å². The molecule has 0 aliphatic carbocycles.